The van der Waals surface area contributed by atoms with Gasteiger partial charge in [-0.2, -0.15) is 0 Å². The Hall–Kier alpha value is -0.570. The number of hydrogen-bond donors (Lipinski definition) is 1. The average molecular weight is 244 g/mol. The van der Waals surface area contributed by atoms with Gasteiger partial charge in [0.25, 0.3) is 0 Å². The third-order valence-electron chi connectivity index (χ3n) is 2.83. The quantitative estimate of drug-likeness (QED) is 0.447. The van der Waals surface area contributed by atoms with Crippen LogP contribution in [0.1, 0.15) is 71.6 Å². The monoisotopic (exact) mass is 244 g/mol. The van der Waals surface area contributed by atoms with Gasteiger partial charge >= 0.3 is 5.97 Å². The second-order valence-corrected chi connectivity index (χ2v) is 4.62. The molecule has 0 saturated heterocycles. The van der Waals surface area contributed by atoms with Gasteiger partial charge in [0.1, 0.15) is 0 Å². The molecule has 3 nitrogen and oxygen atoms in total. The molecule has 0 radical (unpaired) electrons. The van der Waals surface area contributed by atoms with Gasteiger partial charge in [0.2, 0.25) is 0 Å². The van der Waals surface area contributed by atoms with E-state index in [1.54, 1.807) is 0 Å². The largest absolute Gasteiger partial charge is 0.466 e. The number of carbonyl (C=O) groups is 1. The van der Waals surface area contributed by atoms with Crippen molar-refractivity contribution < 1.29 is 14.6 Å². The smallest absolute Gasteiger partial charge is 0.305 e. The Morgan fingerprint density at radius 3 is 2.41 bits per heavy atom. The van der Waals surface area contributed by atoms with E-state index in [1.807, 2.05) is 0 Å². The number of ether oxygens (including phenoxy) is 1. The van der Waals surface area contributed by atoms with Crippen LogP contribution in [-0.2, 0) is 9.53 Å². The van der Waals surface area contributed by atoms with Crippen molar-refractivity contribution in [1.29, 1.82) is 0 Å². The summed E-state index contributed by atoms with van der Waals surface area (Å²) in [6, 6.07) is 0. The van der Waals surface area contributed by atoms with Gasteiger partial charge in [0, 0.05) is 6.42 Å². The molecule has 0 aliphatic carbocycles. The zero-order valence-electron chi connectivity index (χ0n) is 11.4. The number of carbonyl (C=O) groups excluding carboxylic acids is 1. The van der Waals surface area contributed by atoms with Crippen LogP contribution in [-0.4, -0.2) is 23.8 Å². The molecule has 1 N–H and O–H groups in total. The molecule has 0 saturated carbocycles. The normalized spacial score (nSPS) is 12.4. The predicted molar refractivity (Wildman–Crippen MR) is 69.9 cm³/mol. The highest BCUT2D eigenvalue weighted by atomic mass is 16.5. The summed E-state index contributed by atoms with van der Waals surface area (Å²) in [6.45, 7) is 4.75. The standard InChI is InChI=1S/C14H28O3/c1-3-5-7-8-9-13(15)10-11-14(16)17-12-6-4-2/h13,15H,3-12H2,1-2H3/t13-/m0/s1. The van der Waals surface area contributed by atoms with Crippen molar-refractivity contribution in [3.8, 4) is 0 Å². The van der Waals surface area contributed by atoms with Gasteiger partial charge in [0.05, 0.1) is 12.7 Å². The maximum absolute atomic E-state index is 11.3. The molecule has 0 heterocycles. The van der Waals surface area contributed by atoms with Gasteiger partial charge < -0.3 is 9.84 Å². The lowest BCUT2D eigenvalue weighted by Gasteiger charge is -2.10. The van der Waals surface area contributed by atoms with E-state index in [9.17, 15) is 9.90 Å². The van der Waals surface area contributed by atoms with Crippen molar-refractivity contribution >= 4 is 5.97 Å². The molecule has 0 aliphatic rings. The Bertz CT molecular complexity index is 180. The van der Waals surface area contributed by atoms with E-state index in [-0.39, 0.29) is 12.1 Å². The summed E-state index contributed by atoms with van der Waals surface area (Å²) in [5, 5.41) is 9.66. The number of hydrogen-bond acceptors (Lipinski definition) is 3. The highest BCUT2D eigenvalue weighted by Crippen LogP contribution is 2.10. The summed E-state index contributed by atoms with van der Waals surface area (Å²) >= 11 is 0. The lowest BCUT2D eigenvalue weighted by Crippen LogP contribution is -2.12. The summed E-state index contributed by atoms with van der Waals surface area (Å²) < 4.78 is 5.03. The third kappa shape index (κ3) is 11.7. The first kappa shape index (κ1) is 16.4. The van der Waals surface area contributed by atoms with Crippen molar-refractivity contribution in [3.63, 3.8) is 0 Å². The van der Waals surface area contributed by atoms with Gasteiger partial charge in [-0.1, -0.05) is 46.0 Å². The van der Waals surface area contributed by atoms with E-state index in [0.717, 1.165) is 25.7 Å². The molecule has 0 aromatic carbocycles. The summed E-state index contributed by atoms with van der Waals surface area (Å²) in [6.07, 6.45) is 7.97. The molecule has 0 aromatic rings. The Kier molecular flexibility index (Phi) is 11.5. The minimum Gasteiger partial charge on any atom is -0.466 e. The first-order chi connectivity index (χ1) is 8.20. The summed E-state index contributed by atoms with van der Waals surface area (Å²) in [7, 11) is 0. The maximum Gasteiger partial charge on any atom is 0.305 e. The number of rotatable bonds is 11. The Morgan fingerprint density at radius 2 is 1.76 bits per heavy atom. The predicted octanol–water partition coefficient (Wildman–Crippen LogP) is 3.44. The molecule has 0 spiro atoms. The molecule has 0 amide bonds. The molecule has 0 rings (SSSR count). The van der Waals surface area contributed by atoms with E-state index in [0.29, 0.717) is 19.4 Å². The molecule has 102 valence electrons. The van der Waals surface area contributed by atoms with Crippen LogP contribution >= 0.6 is 0 Å². The number of aliphatic hydroxyl groups is 1. The Morgan fingerprint density at radius 1 is 1.06 bits per heavy atom. The van der Waals surface area contributed by atoms with Crippen LogP contribution in [0.2, 0.25) is 0 Å². The molecular weight excluding hydrogens is 216 g/mol. The van der Waals surface area contributed by atoms with E-state index in [4.69, 9.17) is 4.74 Å². The SMILES string of the molecule is CCCCCC[C@H](O)CCC(=O)OCCCC. The fourth-order valence-electron chi connectivity index (χ4n) is 1.64. The van der Waals surface area contributed by atoms with Crippen molar-refractivity contribution in [2.45, 2.75) is 77.7 Å². The van der Waals surface area contributed by atoms with Gasteiger partial charge in [-0.3, -0.25) is 4.79 Å². The van der Waals surface area contributed by atoms with Crippen molar-refractivity contribution in [3.05, 3.63) is 0 Å². The van der Waals surface area contributed by atoms with E-state index < -0.39 is 0 Å². The number of unbranched alkanes of at least 4 members (excludes halogenated alkanes) is 4. The summed E-state index contributed by atoms with van der Waals surface area (Å²) in [5.74, 6) is -0.175. The summed E-state index contributed by atoms with van der Waals surface area (Å²) in [4.78, 5) is 11.3. The van der Waals surface area contributed by atoms with Crippen LogP contribution in [0.25, 0.3) is 0 Å². The van der Waals surface area contributed by atoms with Crippen LogP contribution in [0.3, 0.4) is 0 Å². The number of esters is 1. The molecule has 0 unspecified atom stereocenters. The van der Waals surface area contributed by atoms with Crippen molar-refractivity contribution in [1.82, 2.24) is 0 Å². The highest BCUT2D eigenvalue weighted by Gasteiger charge is 2.08. The zero-order valence-corrected chi connectivity index (χ0v) is 11.4. The van der Waals surface area contributed by atoms with Crippen LogP contribution in [0, 0.1) is 0 Å². The summed E-state index contributed by atoms with van der Waals surface area (Å²) in [5.41, 5.74) is 0. The lowest BCUT2D eigenvalue weighted by atomic mass is 10.1. The number of aliphatic hydroxyl groups excluding tert-OH is 1. The third-order valence-corrected chi connectivity index (χ3v) is 2.83. The van der Waals surface area contributed by atoms with E-state index >= 15 is 0 Å². The van der Waals surface area contributed by atoms with Crippen molar-refractivity contribution in [2.24, 2.45) is 0 Å². The van der Waals surface area contributed by atoms with E-state index in [2.05, 4.69) is 13.8 Å². The molecule has 0 aliphatic heterocycles. The molecule has 3 heteroatoms. The minimum absolute atomic E-state index is 0.175. The van der Waals surface area contributed by atoms with Crippen molar-refractivity contribution in [2.75, 3.05) is 6.61 Å². The van der Waals surface area contributed by atoms with Gasteiger partial charge in [0.15, 0.2) is 0 Å². The first-order valence-corrected chi connectivity index (χ1v) is 7.04. The first-order valence-electron chi connectivity index (χ1n) is 7.04. The lowest BCUT2D eigenvalue weighted by molar-refractivity contribution is -0.144. The average Bonchev–Trinajstić information content (AvgIpc) is 2.32. The minimum atomic E-state index is -0.342. The molecule has 0 fully saturated rings. The van der Waals surface area contributed by atoms with Crippen LogP contribution in [0.15, 0.2) is 0 Å². The second kappa shape index (κ2) is 11.9. The van der Waals surface area contributed by atoms with Crippen LogP contribution < -0.4 is 0 Å². The van der Waals surface area contributed by atoms with Gasteiger partial charge in [-0.25, -0.2) is 0 Å². The van der Waals surface area contributed by atoms with Crippen LogP contribution in [0.4, 0.5) is 0 Å². The Labute approximate surface area is 106 Å². The fourth-order valence-corrected chi connectivity index (χ4v) is 1.64. The Balaban J connectivity index is 3.35. The van der Waals surface area contributed by atoms with Crippen LogP contribution in [0.5, 0.6) is 0 Å². The molecule has 17 heavy (non-hydrogen) atoms. The molecule has 0 bridgehead atoms. The molecule has 0 aromatic heterocycles. The van der Waals surface area contributed by atoms with Gasteiger partial charge in [-0.05, 0) is 19.3 Å². The molecular formula is C14H28O3. The maximum atomic E-state index is 11.3. The topological polar surface area (TPSA) is 46.5 Å². The second-order valence-electron chi connectivity index (χ2n) is 4.62. The fraction of sp³-hybridized carbons (Fsp3) is 0.929. The molecule has 1 atom stereocenters. The van der Waals surface area contributed by atoms with Gasteiger partial charge in [-0.15, -0.1) is 0 Å². The highest BCUT2D eigenvalue weighted by molar-refractivity contribution is 5.69. The van der Waals surface area contributed by atoms with E-state index in [1.165, 1.54) is 19.3 Å². The zero-order chi connectivity index (χ0) is 12.9.